The van der Waals surface area contributed by atoms with Crippen molar-refractivity contribution >= 4 is 12.0 Å². The molecule has 2 amide bonds. The standard InChI is InChI=1S/C17H28N2O3/c1-5-13-10-15(20)19(11-13)12-14-6-8-18(9-7-14)16(21)22-17(2,3)4/h5,13-14H,1,6-12H2,2-4H3. The van der Waals surface area contributed by atoms with Crippen molar-refractivity contribution < 1.29 is 14.3 Å². The minimum atomic E-state index is -0.449. The topological polar surface area (TPSA) is 49.9 Å². The highest BCUT2D eigenvalue weighted by atomic mass is 16.6. The predicted molar refractivity (Wildman–Crippen MR) is 85.4 cm³/mol. The molecular weight excluding hydrogens is 280 g/mol. The smallest absolute Gasteiger partial charge is 0.410 e. The van der Waals surface area contributed by atoms with Crippen LogP contribution in [0.5, 0.6) is 0 Å². The Kier molecular flexibility index (Phi) is 5.14. The zero-order chi connectivity index (χ0) is 16.3. The molecule has 5 nitrogen and oxygen atoms in total. The summed E-state index contributed by atoms with van der Waals surface area (Å²) in [6, 6.07) is 0. The average molecular weight is 308 g/mol. The molecule has 0 saturated carbocycles. The number of hydrogen-bond donors (Lipinski definition) is 0. The molecule has 5 heteroatoms. The first-order valence-corrected chi connectivity index (χ1v) is 8.16. The molecule has 22 heavy (non-hydrogen) atoms. The van der Waals surface area contributed by atoms with Crippen LogP contribution >= 0.6 is 0 Å². The number of amides is 2. The molecule has 0 N–H and O–H groups in total. The van der Waals surface area contributed by atoms with Crippen LogP contribution in [0.25, 0.3) is 0 Å². The molecule has 0 aromatic carbocycles. The van der Waals surface area contributed by atoms with Crippen molar-refractivity contribution in [2.24, 2.45) is 11.8 Å². The van der Waals surface area contributed by atoms with E-state index in [-0.39, 0.29) is 12.0 Å². The Morgan fingerprint density at radius 3 is 2.50 bits per heavy atom. The number of hydrogen-bond acceptors (Lipinski definition) is 3. The van der Waals surface area contributed by atoms with Gasteiger partial charge in [-0.2, -0.15) is 0 Å². The van der Waals surface area contributed by atoms with Gasteiger partial charge in [0, 0.05) is 38.5 Å². The Bertz CT molecular complexity index is 434. The van der Waals surface area contributed by atoms with Crippen LogP contribution in [0, 0.1) is 11.8 Å². The van der Waals surface area contributed by atoms with Crippen LogP contribution in [0.1, 0.15) is 40.0 Å². The molecule has 2 rings (SSSR count). The third-order valence-corrected chi connectivity index (χ3v) is 4.32. The Hall–Kier alpha value is -1.52. The van der Waals surface area contributed by atoms with Crippen LogP contribution < -0.4 is 0 Å². The first kappa shape index (κ1) is 16.8. The first-order chi connectivity index (χ1) is 10.3. The fraction of sp³-hybridized carbons (Fsp3) is 0.765. The molecule has 2 heterocycles. The molecule has 0 aromatic heterocycles. The molecule has 0 aromatic rings. The van der Waals surface area contributed by atoms with Crippen molar-refractivity contribution in [1.82, 2.24) is 9.80 Å². The van der Waals surface area contributed by atoms with E-state index < -0.39 is 5.60 Å². The van der Waals surface area contributed by atoms with Crippen LogP contribution in [0.3, 0.4) is 0 Å². The van der Waals surface area contributed by atoms with E-state index in [1.165, 1.54) is 0 Å². The number of nitrogens with zero attached hydrogens (tertiary/aromatic N) is 2. The van der Waals surface area contributed by atoms with E-state index in [9.17, 15) is 9.59 Å². The van der Waals surface area contributed by atoms with Crippen LogP contribution in [0.15, 0.2) is 12.7 Å². The largest absolute Gasteiger partial charge is 0.444 e. The minimum Gasteiger partial charge on any atom is -0.444 e. The molecule has 0 aliphatic carbocycles. The summed E-state index contributed by atoms with van der Waals surface area (Å²) in [7, 11) is 0. The van der Waals surface area contributed by atoms with Crippen molar-refractivity contribution in [3.63, 3.8) is 0 Å². The Morgan fingerprint density at radius 1 is 1.36 bits per heavy atom. The van der Waals surface area contributed by atoms with Crippen LogP contribution in [-0.2, 0) is 9.53 Å². The Balaban J connectivity index is 1.77. The van der Waals surface area contributed by atoms with Gasteiger partial charge in [0.25, 0.3) is 0 Å². The summed E-state index contributed by atoms with van der Waals surface area (Å²) in [6.07, 6.45) is 4.11. The van der Waals surface area contributed by atoms with Gasteiger partial charge in [0.1, 0.15) is 5.60 Å². The summed E-state index contributed by atoms with van der Waals surface area (Å²) in [5, 5.41) is 0. The summed E-state index contributed by atoms with van der Waals surface area (Å²) in [6.45, 7) is 12.5. The van der Waals surface area contributed by atoms with Crippen molar-refractivity contribution in [2.45, 2.75) is 45.6 Å². The van der Waals surface area contributed by atoms with E-state index in [1.807, 2.05) is 31.7 Å². The fourth-order valence-electron chi connectivity index (χ4n) is 3.07. The molecule has 0 spiro atoms. The van der Waals surface area contributed by atoms with E-state index in [0.717, 1.165) is 25.9 Å². The normalized spacial score (nSPS) is 23.8. The van der Waals surface area contributed by atoms with Crippen molar-refractivity contribution in [3.8, 4) is 0 Å². The molecule has 2 saturated heterocycles. The quantitative estimate of drug-likeness (QED) is 0.753. The van der Waals surface area contributed by atoms with Gasteiger partial charge in [-0.05, 0) is 39.5 Å². The van der Waals surface area contributed by atoms with E-state index >= 15 is 0 Å². The second-order valence-corrected chi connectivity index (χ2v) is 7.41. The van der Waals surface area contributed by atoms with E-state index in [2.05, 4.69) is 6.58 Å². The lowest BCUT2D eigenvalue weighted by Gasteiger charge is -2.34. The van der Waals surface area contributed by atoms with E-state index in [0.29, 0.717) is 31.3 Å². The lowest BCUT2D eigenvalue weighted by atomic mass is 9.96. The third kappa shape index (κ3) is 4.49. The minimum absolute atomic E-state index is 0.227. The lowest BCUT2D eigenvalue weighted by Crippen LogP contribution is -2.44. The summed E-state index contributed by atoms with van der Waals surface area (Å²) in [5.41, 5.74) is -0.449. The van der Waals surface area contributed by atoms with Crippen molar-refractivity contribution in [3.05, 3.63) is 12.7 Å². The third-order valence-electron chi connectivity index (χ3n) is 4.32. The average Bonchev–Trinajstić information content (AvgIpc) is 2.78. The van der Waals surface area contributed by atoms with Crippen LogP contribution in [0.2, 0.25) is 0 Å². The second kappa shape index (κ2) is 6.71. The lowest BCUT2D eigenvalue weighted by molar-refractivity contribution is -0.128. The zero-order valence-corrected chi connectivity index (χ0v) is 14.0. The molecule has 0 radical (unpaired) electrons. The summed E-state index contributed by atoms with van der Waals surface area (Å²) in [4.78, 5) is 27.7. The second-order valence-electron chi connectivity index (χ2n) is 7.41. The molecule has 1 unspecified atom stereocenters. The molecule has 2 aliphatic rings. The summed E-state index contributed by atoms with van der Waals surface area (Å²) < 4.78 is 5.40. The van der Waals surface area contributed by atoms with E-state index in [4.69, 9.17) is 4.74 Å². The maximum Gasteiger partial charge on any atom is 0.410 e. The van der Waals surface area contributed by atoms with Crippen molar-refractivity contribution in [1.29, 1.82) is 0 Å². The molecule has 2 fully saturated rings. The number of likely N-dealkylation sites (tertiary alicyclic amines) is 2. The molecule has 2 aliphatic heterocycles. The fourth-order valence-corrected chi connectivity index (χ4v) is 3.07. The zero-order valence-electron chi connectivity index (χ0n) is 14.0. The van der Waals surface area contributed by atoms with Gasteiger partial charge in [-0.3, -0.25) is 4.79 Å². The summed E-state index contributed by atoms with van der Waals surface area (Å²) in [5.74, 6) is 1.01. The SMILES string of the molecule is C=CC1CC(=O)N(CC2CCN(C(=O)OC(C)(C)C)CC2)C1. The highest BCUT2D eigenvalue weighted by Gasteiger charge is 2.32. The van der Waals surface area contributed by atoms with Gasteiger partial charge in [-0.25, -0.2) is 4.79 Å². The van der Waals surface area contributed by atoms with Gasteiger partial charge in [0.15, 0.2) is 0 Å². The van der Waals surface area contributed by atoms with Crippen molar-refractivity contribution in [2.75, 3.05) is 26.2 Å². The molecule has 0 bridgehead atoms. The monoisotopic (exact) mass is 308 g/mol. The van der Waals surface area contributed by atoms with Gasteiger partial charge in [-0.1, -0.05) is 6.08 Å². The predicted octanol–water partition coefficient (Wildman–Crippen LogP) is 2.67. The maximum absolute atomic E-state index is 12.0. The number of rotatable bonds is 3. The highest BCUT2D eigenvalue weighted by Crippen LogP contribution is 2.24. The molecule has 124 valence electrons. The van der Waals surface area contributed by atoms with Gasteiger partial charge in [-0.15, -0.1) is 6.58 Å². The summed E-state index contributed by atoms with van der Waals surface area (Å²) >= 11 is 0. The van der Waals surface area contributed by atoms with Crippen LogP contribution in [-0.4, -0.2) is 53.6 Å². The number of piperidine rings is 1. The van der Waals surface area contributed by atoms with Gasteiger partial charge >= 0.3 is 6.09 Å². The number of carbonyl (C=O) groups is 2. The Labute approximate surface area is 133 Å². The van der Waals surface area contributed by atoms with Gasteiger partial charge in [0.05, 0.1) is 0 Å². The van der Waals surface area contributed by atoms with E-state index in [1.54, 1.807) is 4.90 Å². The molecular formula is C17H28N2O3. The number of ether oxygens (including phenoxy) is 1. The highest BCUT2D eigenvalue weighted by molar-refractivity contribution is 5.79. The first-order valence-electron chi connectivity index (χ1n) is 8.16. The molecule has 1 atom stereocenters. The Morgan fingerprint density at radius 2 is 2.00 bits per heavy atom. The maximum atomic E-state index is 12.0. The van der Waals surface area contributed by atoms with Gasteiger partial charge in [0.2, 0.25) is 5.91 Å². The van der Waals surface area contributed by atoms with Gasteiger partial charge < -0.3 is 14.5 Å². The number of carbonyl (C=O) groups excluding carboxylic acids is 2. The van der Waals surface area contributed by atoms with Crippen LogP contribution in [0.4, 0.5) is 4.79 Å².